The number of likely N-dealkylation sites (tertiary alicyclic amines) is 1. The number of ether oxygens (including phenoxy) is 1. The first-order valence-corrected chi connectivity index (χ1v) is 11.2. The molecule has 1 saturated heterocycles. The molecule has 1 aromatic rings. The molecule has 2 nitrogen and oxygen atoms in total. The number of methoxy groups -OCH3 is 1. The van der Waals surface area contributed by atoms with E-state index in [1.807, 2.05) is 7.11 Å². The lowest BCUT2D eigenvalue weighted by atomic mass is 9.94. The maximum absolute atomic E-state index is 5.67. The highest BCUT2D eigenvalue weighted by atomic mass is 28.3. The largest absolute Gasteiger partial charge is 0.377 e. The molecule has 1 heterocycles. The topological polar surface area (TPSA) is 12.5 Å². The third-order valence-corrected chi connectivity index (χ3v) is 6.52. The van der Waals surface area contributed by atoms with Gasteiger partial charge in [0.1, 0.15) is 0 Å². The lowest BCUT2D eigenvalue weighted by Gasteiger charge is -2.39. The van der Waals surface area contributed by atoms with Crippen molar-refractivity contribution in [2.24, 2.45) is 0 Å². The van der Waals surface area contributed by atoms with E-state index in [1.54, 1.807) is 5.19 Å². The predicted molar refractivity (Wildman–Crippen MR) is 89.3 cm³/mol. The van der Waals surface area contributed by atoms with Crippen LogP contribution in [0.15, 0.2) is 24.3 Å². The molecular formula is C17H29NOSi. The summed E-state index contributed by atoms with van der Waals surface area (Å²) in [5.74, 6) is 0. The normalized spacial score (nSPS) is 24.9. The molecule has 1 aliphatic heterocycles. The molecule has 2 rings (SSSR count). The van der Waals surface area contributed by atoms with E-state index in [9.17, 15) is 0 Å². The van der Waals surface area contributed by atoms with Gasteiger partial charge in [-0.1, -0.05) is 49.1 Å². The maximum atomic E-state index is 5.67. The molecule has 1 aliphatic rings. The van der Waals surface area contributed by atoms with Crippen molar-refractivity contribution in [2.45, 2.75) is 51.6 Å². The standard InChI is InChI=1S/C17H29NOSi/c1-17(19-2)11-6-12-18(14-17)13-15-7-9-16(10-8-15)20(3,4)5/h7-10H,6,11-14H2,1-5H3. The Bertz CT molecular complexity index is 437. The first-order valence-electron chi connectivity index (χ1n) is 7.69. The Kier molecular flexibility index (Phi) is 4.72. The zero-order valence-corrected chi connectivity index (χ0v) is 14.7. The van der Waals surface area contributed by atoms with Crippen molar-refractivity contribution < 1.29 is 4.74 Å². The number of benzene rings is 1. The zero-order chi connectivity index (χ0) is 14.8. The van der Waals surface area contributed by atoms with Crippen LogP contribution in [0.25, 0.3) is 0 Å². The van der Waals surface area contributed by atoms with Crippen LogP contribution in [-0.4, -0.2) is 38.8 Å². The van der Waals surface area contributed by atoms with Crippen LogP contribution in [-0.2, 0) is 11.3 Å². The molecule has 1 aromatic carbocycles. The molecule has 0 radical (unpaired) electrons. The number of rotatable bonds is 4. The Hall–Kier alpha value is -0.643. The number of hydrogen-bond donors (Lipinski definition) is 0. The third kappa shape index (κ3) is 3.93. The number of piperidine rings is 1. The fourth-order valence-corrected chi connectivity index (χ4v) is 4.14. The van der Waals surface area contributed by atoms with Crippen LogP contribution in [0.1, 0.15) is 25.3 Å². The van der Waals surface area contributed by atoms with Crippen molar-refractivity contribution in [2.75, 3.05) is 20.2 Å². The van der Waals surface area contributed by atoms with Crippen molar-refractivity contribution in [3.8, 4) is 0 Å². The molecule has 3 heteroatoms. The van der Waals surface area contributed by atoms with Gasteiger partial charge in [0.15, 0.2) is 0 Å². The van der Waals surface area contributed by atoms with Crippen LogP contribution >= 0.6 is 0 Å². The van der Waals surface area contributed by atoms with Gasteiger partial charge < -0.3 is 4.74 Å². The molecule has 112 valence electrons. The first-order chi connectivity index (χ1) is 9.32. The summed E-state index contributed by atoms with van der Waals surface area (Å²) in [4.78, 5) is 2.52. The van der Waals surface area contributed by atoms with Gasteiger partial charge in [-0.25, -0.2) is 0 Å². The fraction of sp³-hybridized carbons (Fsp3) is 0.647. The van der Waals surface area contributed by atoms with Crippen molar-refractivity contribution in [1.29, 1.82) is 0 Å². The first kappa shape index (κ1) is 15.7. The lowest BCUT2D eigenvalue weighted by molar-refractivity contribution is -0.0527. The highest BCUT2D eigenvalue weighted by Crippen LogP contribution is 2.24. The fourth-order valence-electron chi connectivity index (χ4n) is 2.98. The van der Waals surface area contributed by atoms with Gasteiger partial charge in [-0.05, 0) is 31.9 Å². The van der Waals surface area contributed by atoms with Gasteiger partial charge in [0.25, 0.3) is 0 Å². The van der Waals surface area contributed by atoms with E-state index in [0.717, 1.165) is 13.1 Å². The highest BCUT2D eigenvalue weighted by molar-refractivity contribution is 6.88. The van der Waals surface area contributed by atoms with Crippen molar-refractivity contribution in [3.63, 3.8) is 0 Å². The minimum absolute atomic E-state index is 0.0382. The molecule has 0 spiro atoms. The quantitative estimate of drug-likeness (QED) is 0.790. The minimum atomic E-state index is -1.17. The van der Waals surface area contributed by atoms with Crippen LogP contribution in [0.5, 0.6) is 0 Å². The zero-order valence-electron chi connectivity index (χ0n) is 13.7. The SMILES string of the molecule is COC1(C)CCCN(Cc2ccc([Si](C)(C)C)cc2)C1. The van der Waals surface area contributed by atoms with Gasteiger partial charge in [0.05, 0.1) is 13.7 Å². The average Bonchev–Trinajstić information content (AvgIpc) is 2.38. The molecule has 0 N–H and O–H groups in total. The molecule has 0 bridgehead atoms. The summed E-state index contributed by atoms with van der Waals surface area (Å²) in [7, 11) is 0.669. The van der Waals surface area contributed by atoms with E-state index in [2.05, 4.69) is 55.7 Å². The summed E-state index contributed by atoms with van der Waals surface area (Å²) in [6.07, 6.45) is 2.41. The second kappa shape index (κ2) is 6.00. The van der Waals surface area contributed by atoms with E-state index in [1.165, 1.54) is 24.9 Å². The molecule has 0 saturated carbocycles. The Labute approximate surface area is 125 Å². The smallest absolute Gasteiger partial charge is 0.0777 e. The van der Waals surface area contributed by atoms with E-state index in [0.29, 0.717) is 0 Å². The van der Waals surface area contributed by atoms with Crippen molar-refractivity contribution >= 4 is 13.3 Å². The molecule has 0 aromatic heterocycles. The molecule has 0 aliphatic carbocycles. The molecule has 1 fully saturated rings. The number of hydrogen-bond acceptors (Lipinski definition) is 2. The van der Waals surface area contributed by atoms with E-state index in [-0.39, 0.29) is 5.60 Å². The van der Waals surface area contributed by atoms with Crippen LogP contribution < -0.4 is 5.19 Å². The molecule has 1 atom stereocenters. The van der Waals surface area contributed by atoms with Gasteiger partial charge in [-0.2, -0.15) is 0 Å². The van der Waals surface area contributed by atoms with Crippen molar-refractivity contribution in [1.82, 2.24) is 4.90 Å². The van der Waals surface area contributed by atoms with Gasteiger partial charge in [0.2, 0.25) is 0 Å². The van der Waals surface area contributed by atoms with Crippen LogP contribution in [0.3, 0.4) is 0 Å². The Morgan fingerprint density at radius 3 is 2.40 bits per heavy atom. The average molecular weight is 292 g/mol. The second-order valence-electron chi connectivity index (χ2n) is 7.42. The summed E-state index contributed by atoms with van der Waals surface area (Å²) in [6, 6.07) is 9.29. The van der Waals surface area contributed by atoms with Crippen LogP contribution in [0.2, 0.25) is 19.6 Å². The minimum Gasteiger partial charge on any atom is -0.377 e. The van der Waals surface area contributed by atoms with E-state index < -0.39 is 8.07 Å². The van der Waals surface area contributed by atoms with E-state index >= 15 is 0 Å². The molecule has 0 amide bonds. The molecule has 1 unspecified atom stereocenters. The summed E-state index contributed by atoms with van der Waals surface area (Å²) in [5, 5.41) is 1.54. The summed E-state index contributed by atoms with van der Waals surface area (Å²) in [6.45, 7) is 12.7. The van der Waals surface area contributed by atoms with Crippen LogP contribution in [0.4, 0.5) is 0 Å². The maximum Gasteiger partial charge on any atom is 0.0777 e. The van der Waals surface area contributed by atoms with Gasteiger partial charge in [-0.15, -0.1) is 0 Å². The lowest BCUT2D eigenvalue weighted by Crippen LogP contribution is -2.46. The Morgan fingerprint density at radius 2 is 1.85 bits per heavy atom. The van der Waals surface area contributed by atoms with Crippen LogP contribution in [0, 0.1) is 0 Å². The predicted octanol–water partition coefficient (Wildman–Crippen LogP) is 3.23. The van der Waals surface area contributed by atoms with Gasteiger partial charge >= 0.3 is 0 Å². The van der Waals surface area contributed by atoms with E-state index in [4.69, 9.17) is 4.74 Å². The van der Waals surface area contributed by atoms with Crippen molar-refractivity contribution in [3.05, 3.63) is 29.8 Å². The van der Waals surface area contributed by atoms with Gasteiger partial charge in [-0.3, -0.25) is 4.90 Å². The second-order valence-corrected chi connectivity index (χ2v) is 12.5. The Balaban J connectivity index is 2.00. The highest BCUT2D eigenvalue weighted by Gasteiger charge is 2.30. The number of nitrogens with zero attached hydrogens (tertiary/aromatic N) is 1. The van der Waals surface area contributed by atoms with Gasteiger partial charge in [0, 0.05) is 20.2 Å². The molecule has 20 heavy (non-hydrogen) atoms. The summed E-state index contributed by atoms with van der Waals surface area (Å²) < 4.78 is 5.67. The molecular weight excluding hydrogens is 262 g/mol. The Morgan fingerprint density at radius 1 is 1.20 bits per heavy atom. The summed E-state index contributed by atoms with van der Waals surface area (Å²) >= 11 is 0. The third-order valence-electron chi connectivity index (χ3n) is 4.46. The monoisotopic (exact) mass is 291 g/mol. The summed E-state index contributed by atoms with van der Waals surface area (Å²) in [5.41, 5.74) is 1.46.